The van der Waals surface area contributed by atoms with Gasteiger partial charge in [0.25, 0.3) is 5.91 Å². The van der Waals surface area contributed by atoms with Gasteiger partial charge in [-0.1, -0.05) is 12.8 Å². The van der Waals surface area contributed by atoms with Crippen molar-refractivity contribution in [3.05, 3.63) is 0 Å². The molecular formula is C13H21NO4. The molecule has 2 aliphatic rings. The summed E-state index contributed by atoms with van der Waals surface area (Å²) in [5.74, 6) is -0.616. The largest absolute Gasteiger partial charge is 0.451 e. The van der Waals surface area contributed by atoms with Gasteiger partial charge in [-0.15, -0.1) is 0 Å². The maximum absolute atomic E-state index is 11.8. The Morgan fingerprint density at radius 1 is 1.22 bits per heavy atom. The monoisotopic (exact) mass is 255 g/mol. The van der Waals surface area contributed by atoms with E-state index in [0.717, 1.165) is 32.1 Å². The molecule has 0 radical (unpaired) electrons. The second-order valence-electron chi connectivity index (χ2n) is 5.07. The van der Waals surface area contributed by atoms with Crippen LogP contribution in [-0.2, 0) is 19.1 Å². The molecule has 5 nitrogen and oxygen atoms in total. The van der Waals surface area contributed by atoms with E-state index in [0.29, 0.717) is 13.0 Å². The maximum Gasteiger partial charge on any atom is 0.336 e. The maximum atomic E-state index is 11.8. The molecule has 1 aliphatic heterocycles. The Hall–Kier alpha value is -1.10. The summed E-state index contributed by atoms with van der Waals surface area (Å²) in [6.45, 7) is 2.21. The van der Waals surface area contributed by atoms with E-state index in [-0.39, 0.29) is 11.9 Å². The molecule has 1 N–H and O–H groups in total. The Bertz CT molecular complexity index is 306. The molecule has 0 aromatic heterocycles. The van der Waals surface area contributed by atoms with Gasteiger partial charge in [0.1, 0.15) is 0 Å². The number of hydrogen-bond donors (Lipinski definition) is 1. The lowest BCUT2D eigenvalue weighted by Gasteiger charge is -2.18. The van der Waals surface area contributed by atoms with E-state index in [1.165, 1.54) is 0 Å². The zero-order valence-electron chi connectivity index (χ0n) is 10.8. The Morgan fingerprint density at radius 3 is 2.56 bits per heavy atom. The highest BCUT2D eigenvalue weighted by Gasteiger charge is 2.29. The first-order valence-electron chi connectivity index (χ1n) is 6.79. The van der Waals surface area contributed by atoms with Gasteiger partial charge >= 0.3 is 5.97 Å². The summed E-state index contributed by atoms with van der Waals surface area (Å²) in [4.78, 5) is 23.5. The first kappa shape index (κ1) is 13.3. The van der Waals surface area contributed by atoms with E-state index in [4.69, 9.17) is 9.47 Å². The average Bonchev–Trinajstić information content (AvgIpc) is 3.01. The molecule has 0 aromatic rings. The number of hydrogen-bond acceptors (Lipinski definition) is 4. The third-order valence-electron chi connectivity index (χ3n) is 3.56. The molecule has 5 heteroatoms. The van der Waals surface area contributed by atoms with Crippen molar-refractivity contribution in [2.24, 2.45) is 0 Å². The van der Waals surface area contributed by atoms with Gasteiger partial charge in [-0.3, -0.25) is 4.79 Å². The minimum Gasteiger partial charge on any atom is -0.451 e. The second-order valence-corrected chi connectivity index (χ2v) is 5.07. The fourth-order valence-corrected chi connectivity index (χ4v) is 2.46. The number of carbonyl (C=O) groups excluding carboxylic acids is 2. The molecule has 1 heterocycles. The van der Waals surface area contributed by atoms with Crippen LogP contribution < -0.4 is 5.32 Å². The van der Waals surface area contributed by atoms with Crippen molar-refractivity contribution in [2.45, 2.75) is 63.7 Å². The standard InChI is InChI=1S/C13H21NO4/c1-9(12(15)14-10-5-2-3-6-10)18-13(16)11-7-4-8-17-11/h9-11H,2-8H2,1H3,(H,14,15)/t9-,11-/m0/s1. The van der Waals surface area contributed by atoms with E-state index < -0.39 is 18.2 Å². The molecule has 0 aromatic carbocycles. The zero-order chi connectivity index (χ0) is 13.0. The molecule has 1 aliphatic carbocycles. The van der Waals surface area contributed by atoms with E-state index >= 15 is 0 Å². The van der Waals surface area contributed by atoms with Gasteiger partial charge in [0.05, 0.1) is 0 Å². The van der Waals surface area contributed by atoms with Crippen molar-refractivity contribution < 1.29 is 19.1 Å². The van der Waals surface area contributed by atoms with E-state index in [2.05, 4.69) is 5.32 Å². The van der Waals surface area contributed by atoms with Crippen molar-refractivity contribution in [1.82, 2.24) is 5.32 Å². The van der Waals surface area contributed by atoms with Gasteiger partial charge in [0.2, 0.25) is 0 Å². The van der Waals surface area contributed by atoms with Gasteiger partial charge in [0, 0.05) is 12.6 Å². The number of nitrogens with one attached hydrogen (secondary N) is 1. The fourth-order valence-electron chi connectivity index (χ4n) is 2.46. The summed E-state index contributed by atoms with van der Waals surface area (Å²) in [6, 6.07) is 0.251. The van der Waals surface area contributed by atoms with Gasteiger partial charge in [-0.2, -0.15) is 0 Å². The van der Waals surface area contributed by atoms with Crippen molar-refractivity contribution in [3.8, 4) is 0 Å². The quantitative estimate of drug-likeness (QED) is 0.765. The summed E-state index contributed by atoms with van der Waals surface area (Å²) in [5.41, 5.74) is 0. The molecule has 0 unspecified atom stereocenters. The number of carbonyl (C=O) groups is 2. The van der Waals surface area contributed by atoms with Gasteiger partial charge in [-0.25, -0.2) is 4.79 Å². The topological polar surface area (TPSA) is 64.6 Å². The molecule has 102 valence electrons. The Morgan fingerprint density at radius 2 is 1.94 bits per heavy atom. The van der Waals surface area contributed by atoms with Crippen LogP contribution in [0.3, 0.4) is 0 Å². The molecular weight excluding hydrogens is 234 g/mol. The van der Waals surface area contributed by atoms with Crippen LogP contribution in [0, 0.1) is 0 Å². The van der Waals surface area contributed by atoms with Crippen LogP contribution in [-0.4, -0.2) is 36.7 Å². The third kappa shape index (κ3) is 3.45. The van der Waals surface area contributed by atoms with Crippen LogP contribution in [0.1, 0.15) is 45.4 Å². The Balaban J connectivity index is 1.73. The molecule has 2 atom stereocenters. The number of amides is 1. The van der Waals surface area contributed by atoms with Crippen molar-refractivity contribution in [1.29, 1.82) is 0 Å². The summed E-state index contributed by atoms with van der Waals surface area (Å²) in [6.07, 6.45) is 4.73. The highest BCUT2D eigenvalue weighted by atomic mass is 16.6. The molecule has 2 rings (SSSR count). The van der Waals surface area contributed by atoms with Gasteiger partial charge in [-0.05, 0) is 32.6 Å². The van der Waals surface area contributed by atoms with Crippen molar-refractivity contribution in [2.75, 3.05) is 6.61 Å². The SMILES string of the molecule is C[C@H](OC(=O)[C@@H]1CCCO1)C(=O)NC1CCCC1. The first-order chi connectivity index (χ1) is 8.66. The smallest absolute Gasteiger partial charge is 0.336 e. The number of rotatable bonds is 4. The number of ether oxygens (including phenoxy) is 2. The molecule has 2 fully saturated rings. The normalized spacial score (nSPS) is 25.9. The molecule has 1 amide bonds. The fraction of sp³-hybridized carbons (Fsp3) is 0.846. The van der Waals surface area contributed by atoms with E-state index in [1.54, 1.807) is 6.92 Å². The highest BCUT2D eigenvalue weighted by Crippen LogP contribution is 2.18. The minimum absolute atomic E-state index is 0.201. The summed E-state index contributed by atoms with van der Waals surface area (Å²) < 4.78 is 10.4. The second kappa shape index (κ2) is 6.18. The lowest BCUT2D eigenvalue weighted by Crippen LogP contribution is -2.42. The molecule has 1 saturated carbocycles. The van der Waals surface area contributed by atoms with Crippen molar-refractivity contribution >= 4 is 11.9 Å². The molecule has 1 saturated heterocycles. The minimum atomic E-state index is -0.734. The third-order valence-corrected chi connectivity index (χ3v) is 3.56. The van der Waals surface area contributed by atoms with Crippen LogP contribution in [0.2, 0.25) is 0 Å². The predicted octanol–water partition coefficient (Wildman–Crippen LogP) is 1.16. The Labute approximate surface area is 107 Å². The lowest BCUT2D eigenvalue weighted by atomic mass is 10.2. The Kier molecular flexibility index (Phi) is 4.58. The molecule has 18 heavy (non-hydrogen) atoms. The average molecular weight is 255 g/mol. The first-order valence-corrected chi connectivity index (χ1v) is 6.79. The van der Waals surface area contributed by atoms with E-state index in [9.17, 15) is 9.59 Å². The zero-order valence-corrected chi connectivity index (χ0v) is 10.8. The summed E-state index contributed by atoms with van der Waals surface area (Å²) in [7, 11) is 0. The van der Waals surface area contributed by atoms with Crippen LogP contribution >= 0.6 is 0 Å². The summed E-state index contributed by atoms with van der Waals surface area (Å²) in [5, 5.41) is 2.92. The molecule has 0 spiro atoms. The molecule has 0 bridgehead atoms. The van der Waals surface area contributed by atoms with Crippen LogP contribution in [0.15, 0.2) is 0 Å². The van der Waals surface area contributed by atoms with Gasteiger partial charge < -0.3 is 14.8 Å². The highest BCUT2D eigenvalue weighted by molar-refractivity contribution is 5.84. The van der Waals surface area contributed by atoms with Crippen LogP contribution in [0.5, 0.6) is 0 Å². The van der Waals surface area contributed by atoms with Crippen LogP contribution in [0.25, 0.3) is 0 Å². The summed E-state index contributed by atoms with van der Waals surface area (Å²) >= 11 is 0. The van der Waals surface area contributed by atoms with Crippen molar-refractivity contribution in [3.63, 3.8) is 0 Å². The van der Waals surface area contributed by atoms with E-state index in [1.807, 2.05) is 0 Å². The predicted molar refractivity (Wildman–Crippen MR) is 64.9 cm³/mol. The van der Waals surface area contributed by atoms with Gasteiger partial charge in [0.15, 0.2) is 12.2 Å². The van der Waals surface area contributed by atoms with Crippen LogP contribution in [0.4, 0.5) is 0 Å². The lowest BCUT2D eigenvalue weighted by molar-refractivity contribution is -0.163. The number of esters is 1.